The highest BCUT2D eigenvalue weighted by Crippen LogP contribution is 2.29. The Labute approximate surface area is 223 Å². The number of para-hydroxylation sites is 1. The second-order valence-corrected chi connectivity index (χ2v) is 9.09. The van der Waals surface area contributed by atoms with Crippen LogP contribution in [-0.2, 0) is 20.8 Å². The lowest BCUT2D eigenvalue weighted by Gasteiger charge is -2.15. The molecule has 0 spiro atoms. The van der Waals surface area contributed by atoms with E-state index in [1.165, 1.54) is 0 Å². The van der Waals surface area contributed by atoms with Crippen LogP contribution >= 0.6 is 12.6 Å². The monoisotopic (exact) mass is 518 g/mol. The molecular weight excluding hydrogens is 484 g/mol. The minimum absolute atomic E-state index is 0.0489. The number of nitrogens with two attached hydrogens (primary N) is 1. The number of hydrogen-bond donors (Lipinski definition) is 5. The normalized spacial score (nSPS) is 11.4. The third kappa shape index (κ3) is 9.40. The summed E-state index contributed by atoms with van der Waals surface area (Å²) in [6, 6.07) is 24.1. The summed E-state index contributed by atoms with van der Waals surface area (Å²) in [7, 11) is 0. The molecule has 0 saturated carbocycles. The molecule has 0 radical (unpaired) electrons. The van der Waals surface area contributed by atoms with Crippen LogP contribution in [0.2, 0.25) is 0 Å². The van der Waals surface area contributed by atoms with E-state index in [1.54, 1.807) is 0 Å². The van der Waals surface area contributed by atoms with Crippen LogP contribution in [0.25, 0.3) is 11.1 Å². The molecule has 3 aromatic carbocycles. The van der Waals surface area contributed by atoms with Crippen molar-refractivity contribution in [2.45, 2.75) is 38.1 Å². The number of carbonyl (C=O) groups is 3. The first kappa shape index (κ1) is 28.0. The average molecular weight is 519 g/mol. The van der Waals surface area contributed by atoms with Gasteiger partial charge in [0.1, 0.15) is 0 Å². The van der Waals surface area contributed by atoms with Crippen molar-refractivity contribution in [2.75, 3.05) is 22.9 Å². The maximum Gasteiger partial charge on any atom is 0.241 e. The molecule has 0 unspecified atom stereocenters. The summed E-state index contributed by atoms with van der Waals surface area (Å²) in [6.07, 6.45) is 3.31. The van der Waals surface area contributed by atoms with Gasteiger partial charge in [-0.2, -0.15) is 12.6 Å². The first-order chi connectivity index (χ1) is 18.0. The van der Waals surface area contributed by atoms with Crippen LogP contribution in [0.15, 0.2) is 78.9 Å². The van der Waals surface area contributed by atoms with Crippen LogP contribution in [0.3, 0.4) is 0 Å². The van der Waals surface area contributed by atoms with Crippen LogP contribution in [0, 0.1) is 0 Å². The Morgan fingerprint density at radius 3 is 2.22 bits per heavy atom. The molecule has 0 saturated heterocycles. The molecule has 0 fully saturated rings. The highest BCUT2D eigenvalue weighted by atomic mass is 32.1. The van der Waals surface area contributed by atoms with E-state index in [4.69, 9.17) is 5.73 Å². The van der Waals surface area contributed by atoms with E-state index in [-0.39, 0.29) is 23.5 Å². The van der Waals surface area contributed by atoms with Gasteiger partial charge < -0.3 is 21.7 Å². The second kappa shape index (κ2) is 14.8. The summed E-state index contributed by atoms with van der Waals surface area (Å²) in [6.45, 7) is 0.601. The molecule has 0 bridgehead atoms. The number of unbranched alkanes of at least 4 members (excludes halogenated alkanes) is 2. The minimum atomic E-state index is -0.667. The first-order valence-electron chi connectivity index (χ1n) is 12.4. The van der Waals surface area contributed by atoms with Gasteiger partial charge in [-0.3, -0.25) is 14.4 Å². The lowest BCUT2D eigenvalue weighted by molar-refractivity contribution is -0.119. The lowest BCUT2D eigenvalue weighted by Crippen LogP contribution is -2.37. The highest BCUT2D eigenvalue weighted by Gasteiger charge is 2.16. The number of carbonyl (C=O) groups excluding carboxylic acids is 3. The van der Waals surface area contributed by atoms with Crippen LogP contribution in [-0.4, -0.2) is 36.1 Å². The second-order valence-electron chi connectivity index (χ2n) is 8.78. The van der Waals surface area contributed by atoms with Gasteiger partial charge in [0.25, 0.3) is 0 Å². The molecule has 8 heteroatoms. The van der Waals surface area contributed by atoms with Gasteiger partial charge in [0.2, 0.25) is 17.7 Å². The van der Waals surface area contributed by atoms with E-state index in [0.29, 0.717) is 30.8 Å². The third-order valence-electron chi connectivity index (χ3n) is 5.85. The average Bonchev–Trinajstić information content (AvgIpc) is 2.91. The van der Waals surface area contributed by atoms with E-state index in [2.05, 4.69) is 28.6 Å². The summed E-state index contributed by atoms with van der Waals surface area (Å²) in [5.74, 6) is -0.192. The zero-order valence-electron chi connectivity index (χ0n) is 20.8. The maximum absolute atomic E-state index is 12.8. The molecule has 3 aromatic rings. The zero-order valence-corrected chi connectivity index (χ0v) is 21.7. The summed E-state index contributed by atoms with van der Waals surface area (Å²) >= 11 is 3.91. The van der Waals surface area contributed by atoms with Gasteiger partial charge in [0.05, 0.1) is 11.8 Å². The molecule has 7 nitrogen and oxygen atoms in total. The molecule has 0 heterocycles. The fourth-order valence-electron chi connectivity index (χ4n) is 3.86. The van der Waals surface area contributed by atoms with Gasteiger partial charge in [-0.05, 0) is 48.6 Å². The standard InChI is InChI=1S/C29H34N4O3S/c30-25(19-21-9-3-1-4-10-21)29(36)33-26-12-7-6-11-24(26)22-14-16-23(17-15-22)32-27(34)13-5-2-8-18-31-28(35)20-37/h1,3-4,6-7,9-12,14-17,25,37H,2,5,8,13,18-20,30H2,(H,31,35)(H,32,34)(H,33,36)/t25-/m0/s1. The van der Waals surface area contributed by atoms with Crippen molar-refractivity contribution in [3.8, 4) is 11.1 Å². The van der Waals surface area contributed by atoms with Crippen molar-refractivity contribution in [1.29, 1.82) is 0 Å². The molecule has 0 aromatic heterocycles. The first-order valence-corrected chi connectivity index (χ1v) is 13.1. The Kier molecular flexibility index (Phi) is 11.2. The molecule has 0 aliphatic heterocycles. The fraction of sp³-hybridized carbons (Fsp3) is 0.276. The minimum Gasteiger partial charge on any atom is -0.355 e. The lowest BCUT2D eigenvalue weighted by atomic mass is 10.0. The molecule has 194 valence electrons. The molecule has 0 aliphatic rings. The van der Waals surface area contributed by atoms with Crippen molar-refractivity contribution >= 4 is 41.7 Å². The Morgan fingerprint density at radius 2 is 1.49 bits per heavy atom. The molecule has 5 N–H and O–H groups in total. The Hall–Kier alpha value is -3.62. The number of amides is 3. The quantitative estimate of drug-likeness (QED) is 0.170. The van der Waals surface area contributed by atoms with Gasteiger partial charge in [-0.1, -0.05) is 67.1 Å². The van der Waals surface area contributed by atoms with Crippen LogP contribution in [0.1, 0.15) is 31.2 Å². The van der Waals surface area contributed by atoms with E-state index >= 15 is 0 Å². The van der Waals surface area contributed by atoms with Crippen LogP contribution in [0.5, 0.6) is 0 Å². The van der Waals surface area contributed by atoms with Crippen molar-refractivity contribution in [2.24, 2.45) is 5.73 Å². The maximum atomic E-state index is 12.8. The Morgan fingerprint density at radius 1 is 0.784 bits per heavy atom. The number of rotatable bonds is 13. The molecule has 0 aliphatic carbocycles. The summed E-state index contributed by atoms with van der Waals surface area (Å²) in [5.41, 5.74) is 10.3. The number of thiol groups is 1. The third-order valence-corrected chi connectivity index (χ3v) is 6.13. The summed E-state index contributed by atoms with van der Waals surface area (Å²) in [4.78, 5) is 36.2. The highest BCUT2D eigenvalue weighted by molar-refractivity contribution is 7.81. The number of hydrogen-bond acceptors (Lipinski definition) is 5. The van der Waals surface area contributed by atoms with Crippen LogP contribution in [0.4, 0.5) is 11.4 Å². The fourth-order valence-corrected chi connectivity index (χ4v) is 3.97. The van der Waals surface area contributed by atoms with Gasteiger partial charge in [-0.15, -0.1) is 0 Å². The van der Waals surface area contributed by atoms with Crippen molar-refractivity contribution in [3.63, 3.8) is 0 Å². The number of nitrogens with one attached hydrogen (secondary N) is 3. The molecule has 1 atom stereocenters. The predicted octanol–water partition coefficient (Wildman–Crippen LogP) is 4.41. The SMILES string of the molecule is N[C@@H](Cc1ccccc1)C(=O)Nc1ccccc1-c1ccc(NC(=O)CCCCCNC(=O)CS)cc1. The van der Waals surface area contributed by atoms with Crippen molar-refractivity contribution in [1.82, 2.24) is 5.32 Å². The van der Waals surface area contributed by atoms with E-state index in [0.717, 1.165) is 36.0 Å². The van der Waals surface area contributed by atoms with Crippen molar-refractivity contribution in [3.05, 3.63) is 84.4 Å². The van der Waals surface area contributed by atoms with Gasteiger partial charge in [0.15, 0.2) is 0 Å². The van der Waals surface area contributed by atoms with E-state index in [9.17, 15) is 14.4 Å². The Balaban J connectivity index is 1.51. The van der Waals surface area contributed by atoms with Gasteiger partial charge >= 0.3 is 0 Å². The number of benzene rings is 3. The summed E-state index contributed by atoms with van der Waals surface area (Å²) in [5, 5.41) is 8.64. The summed E-state index contributed by atoms with van der Waals surface area (Å²) < 4.78 is 0. The topological polar surface area (TPSA) is 113 Å². The van der Waals surface area contributed by atoms with E-state index < -0.39 is 6.04 Å². The Bertz CT molecular complexity index is 1170. The van der Waals surface area contributed by atoms with Gasteiger partial charge in [0, 0.05) is 29.9 Å². The molecule has 3 amide bonds. The molecule has 37 heavy (non-hydrogen) atoms. The molecular formula is C29H34N4O3S. The van der Waals surface area contributed by atoms with Gasteiger partial charge in [-0.25, -0.2) is 0 Å². The van der Waals surface area contributed by atoms with Crippen LogP contribution < -0.4 is 21.7 Å². The smallest absolute Gasteiger partial charge is 0.241 e. The predicted molar refractivity (Wildman–Crippen MR) is 153 cm³/mol. The molecule has 3 rings (SSSR count). The number of anilines is 2. The largest absolute Gasteiger partial charge is 0.355 e. The van der Waals surface area contributed by atoms with Crippen molar-refractivity contribution < 1.29 is 14.4 Å². The van der Waals surface area contributed by atoms with E-state index in [1.807, 2.05) is 78.9 Å². The zero-order chi connectivity index (χ0) is 26.5.